The quantitative estimate of drug-likeness (QED) is 0.742. The summed E-state index contributed by atoms with van der Waals surface area (Å²) in [4.78, 5) is 26.0. The molecule has 0 radical (unpaired) electrons. The summed E-state index contributed by atoms with van der Waals surface area (Å²) in [6.07, 6.45) is 0.220. The monoisotopic (exact) mass is 347 g/mol. The van der Waals surface area contributed by atoms with Gasteiger partial charge in [0.25, 0.3) is 5.91 Å². The van der Waals surface area contributed by atoms with Crippen LogP contribution in [-0.2, 0) is 9.53 Å². The second-order valence-corrected chi connectivity index (χ2v) is 6.34. The fourth-order valence-corrected chi connectivity index (χ4v) is 3.14. The van der Waals surface area contributed by atoms with E-state index in [0.29, 0.717) is 23.9 Å². The Morgan fingerprint density at radius 1 is 1.47 bits per heavy atom. The van der Waals surface area contributed by atoms with Crippen LogP contribution in [-0.4, -0.2) is 37.0 Å². The topological polar surface area (TPSA) is 46.6 Å². The number of nitrogens with zero attached hydrogens (tertiary/aromatic N) is 1. The molecule has 1 aromatic heterocycles. The fraction of sp³-hybridized carbons (Fsp3) is 0.538. The zero-order chi connectivity index (χ0) is 14.4. The van der Waals surface area contributed by atoms with Gasteiger partial charge in [0.05, 0.1) is 13.5 Å². The molecule has 1 heterocycles. The summed E-state index contributed by atoms with van der Waals surface area (Å²) >= 11 is 4.77. The number of rotatable bonds is 6. The number of hydrogen-bond donors (Lipinski definition) is 0. The second-order valence-electron chi connectivity index (χ2n) is 4.57. The first-order valence-corrected chi connectivity index (χ1v) is 7.72. The van der Waals surface area contributed by atoms with Crippen molar-refractivity contribution in [2.45, 2.75) is 20.3 Å². The molecule has 1 aromatic rings. The van der Waals surface area contributed by atoms with Crippen LogP contribution in [0.4, 0.5) is 0 Å². The molecule has 19 heavy (non-hydrogen) atoms. The van der Waals surface area contributed by atoms with E-state index in [2.05, 4.69) is 20.7 Å². The molecule has 0 aliphatic heterocycles. The summed E-state index contributed by atoms with van der Waals surface area (Å²) in [5, 5.41) is 1.87. The highest BCUT2D eigenvalue weighted by atomic mass is 79.9. The Morgan fingerprint density at radius 2 is 2.16 bits per heavy atom. The summed E-state index contributed by atoms with van der Waals surface area (Å²) in [6, 6.07) is 1.85. The highest BCUT2D eigenvalue weighted by Gasteiger charge is 2.21. The molecule has 106 valence electrons. The number of carbonyl (C=O) groups excluding carboxylic acids is 2. The van der Waals surface area contributed by atoms with Gasteiger partial charge >= 0.3 is 5.97 Å². The first-order chi connectivity index (χ1) is 8.95. The average molecular weight is 348 g/mol. The number of methoxy groups -OCH3 is 1. The van der Waals surface area contributed by atoms with Crippen molar-refractivity contribution in [3.63, 3.8) is 0 Å². The van der Waals surface area contributed by atoms with Gasteiger partial charge in [-0.05, 0) is 33.3 Å². The van der Waals surface area contributed by atoms with Gasteiger partial charge in [0.2, 0.25) is 0 Å². The molecule has 0 fully saturated rings. The van der Waals surface area contributed by atoms with Crippen LogP contribution in [0.2, 0.25) is 0 Å². The summed E-state index contributed by atoms with van der Waals surface area (Å²) in [5.41, 5.74) is 0. The van der Waals surface area contributed by atoms with Gasteiger partial charge in [-0.3, -0.25) is 9.59 Å². The van der Waals surface area contributed by atoms with Crippen LogP contribution in [0.5, 0.6) is 0 Å². The molecule has 0 saturated heterocycles. The van der Waals surface area contributed by atoms with E-state index in [9.17, 15) is 9.59 Å². The van der Waals surface area contributed by atoms with Gasteiger partial charge in [-0.25, -0.2) is 0 Å². The van der Waals surface area contributed by atoms with Crippen LogP contribution in [0, 0.1) is 5.92 Å². The van der Waals surface area contributed by atoms with Gasteiger partial charge in [-0.2, -0.15) is 0 Å². The molecule has 1 amide bonds. The molecule has 0 bridgehead atoms. The van der Waals surface area contributed by atoms with E-state index in [1.54, 1.807) is 4.90 Å². The molecule has 0 saturated carbocycles. The van der Waals surface area contributed by atoms with Gasteiger partial charge in [0.1, 0.15) is 4.88 Å². The van der Waals surface area contributed by atoms with Gasteiger partial charge in [0.15, 0.2) is 0 Å². The van der Waals surface area contributed by atoms with Crippen molar-refractivity contribution >= 4 is 39.1 Å². The Morgan fingerprint density at radius 3 is 2.63 bits per heavy atom. The normalized spacial score (nSPS) is 10.6. The lowest BCUT2D eigenvalue weighted by Crippen LogP contribution is -2.35. The fourth-order valence-electron chi connectivity index (χ4n) is 1.63. The lowest BCUT2D eigenvalue weighted by molar-refractivity contribution is -0.140. The van der Waals surface area contributed by atoms with Gasteiger partial charge in [0, 0.05) is 17.6 Å². The Bertz CT molecular complexity index is 445. The molecule has 0 N–H and O–H groups in total. The molecular weight excluding hydrogens is 330 g/mol. The Hall–Kier alpha value is -0.880. The predicted octanol–water partition coefficient (Wildman–Crippen LogP) is 3.17. The maximum absolute atomic E-state index is 12.4. The third-order valence-electron chi connectivity index (χ3n) is 2.50. The highest BCUT2D eigenvalue weighted by molar-refractivity contribution is 9.10. The van der Waals surface area contributed by atoms with E-state index in [1.165, 1.54) is 18.4 Å². The first kappa shape index (κ1) is 16.2. The molecule has 0 unspecified atom stereocenters. The van der Waals surface area contributed by atoms with Crippen molar-refractivity contribution in [2.24, 2.45) is 5.92 Å². The van der Waals surface area contributed by atoms with Crippen molar-refractivity contribution in [1.29, 1.82) is 0 Å². The molecule has 4 nitrogen and oxygen atoms in total. The van der Waals surface area contributed by atoms with Gasteiger partial charge in [-0.15, -0.1) is 11.3 Å². The lowest BCUT2D eigenvalue weighted by atomic mass is 10.2. The number of halogens is 1. The SMILES string of the molecule is COC(=O)CCN(CC(C)C)C(=O)c1sccc1Br. The van der Waals surface area contributed by atoms with Crippen molar-refractivity contribution < 1.29 is 14.3 Å². The maximum atomic E-state index is 12.4. The van der Waals surface area contributed by atoms with Gasteiger partial charge < -0.3 is 9.64 Å². The average Bonchev–Trinajstić information content (AvgIpc) is 2.78. The van der Waals surface area contributed by atoms with E-state index in [1.807, 2.05) is 25.3 Å². The van der Waals surface area contributed by atoms with E-state index < -0.39 is 0 Å². The minimum atomic E-state index is -0.299. The summed E-state index contributed by atoms with van der Waals surface area (Å²) in [6.45, 7) is 5.10. The predicted molar refractivity (Wildman–Crippen MR) is 79.4 cm³/mol. The highest BCUT2D eigenvalue weighted by Crippen LogP contribution is 2.24. The third-order valence-corrected chi connectivity index (χ3v) is 4.32. The molecule has 1 rings (SSSR count). The van der Waals surface area contributed by atoms with Crippen molar-refractivity contribution in [1.82, 2.24) is 4.90 Å². The number of ether oxygens (including phenoxy) is 1. The number of hydrogen-bond acceptors (Lipinski definition) is 4. The number of esters is 1. The summed E-state index contributed by atoms with van der Waals surface area (Å²) in [7, 11) is 1.35. The minimum absolute atomic E-state index is 0.0421. The van der Waals surface area contributed by atoms with Gasteiger partial charge in [-0.1, -0.05) is 13.8 Å². The Balaban J connectivity index is 2.76. The van der Waals surface area contributed by atoms with E-state index in [4.69, 9.17) is 0 Å². The van der Waals surface area contributed by atoms with Crippen LogP contribution in [0.3, 0.4) is 0 Å². The van der Waals surface area contributed by atoms with Crippen LogP contribution in [0.15, 0.2) is 15.9 Å². The van der Waals surface area contributed by atoms with Crippen LogP contribution >= 0.6 is 27.3 Å². The van der Waals surface area contributed by atoms with E-state index in [-0.39, 0.29) is 18.3 Å². The summed E-state index contributed by atoms with van der Waals surface area (Å²) < 4.78 is 5.42. The van der Waals surface area contributed by atoms with Crippen molar-refractivity contribution in [3.8, 4) is 0 Å². The van der Waals surface area contributed by atoms with Crippen molar-refractivity contribution in [2.75, 3.05) is 20.2 Å². The smallest absolute Gasteiger partial charge is 0.307 e. The number of thiophene rings is 1. The number of amides is 1. The van der Waals surface area contributed by atoms with E-state index in [0.717, 1.165) is 4.47 Å². The molecule has 0 aliphatic rings. The zero-order valence-corrected chi connectivity index (χ0v) is 13.7. The first-order valence-electron chi connectivity index (χ1n) is 6.04. The Labute approximate surface area is 125 Å². The molecule has 0 spiro atoms. The van der Waals surface area contributed by atoms with E-state index >= 15 is 0 Å². The third kappa shape index (κ3) is 4.95. The molecular formula is C13H18BrNO3S. The maximum Gasteiger partial charge on any atom is 0.307 e. The van der Waals surface area contributed by atoms with Crippen molar-refractivity contribution in [3.05, 3.63) is 20.8 Å². The molecule has 0 aromatic carbocycles. The second kappa shape index (κ2) is 7.65. The largest absolute Gasteiger partial charge is 0.469 e. The molecule has 0 aliphatic carbocycles. The number of carbonyl (C=O) groups is 2. The minimum Gasteiger partial charge on any atom is -0.469 e. The van der Waals surface area contributed by atoms with Crippen LogP contribution in [0.1, 0.15) is 29.9 Å². The summed E-state index contributed by atoms with van der Waals surface area (Å²) in [5.74, 6) is 0.00612. The standard InChI is InChI=1S/C13H18BrNO3S/c1-9(2)8-15(6-4-11(16)18-3)13(17)12-10(14)5-7-19-12/h5,7,9H,4,6,8H2,1-3H3. The lowest BCUT2D eigenvalue weighted by Gasteiger charge is -2.23. The zero-order valence-electron chi connectivity index (χ0n) is 11.3. The van der Waals surface area contributed by atoms with Crippen LogP contribution < -0.4 is 0 Å². The molecule has 0 atom stereocenters. The van der Waals surface area contributed by atoms with Crippen LogP contribution in [0.25, 0.3) is 0 Å². The Kier molecular flexibility index (Phi) is 6.51. The molecule has 6 heteroatoms.